The first kappa shape index (κ1) is 32.5. The van der Waals surface area contributed by atoms with Crippen LogP contribution in [0, 0.1) is 5.41 Å². The van der Waals surface area contributed by atoms with Gasteiger partial charge in [0.1, 0.15) is 0 Å². The van der Waals surface area contributed by atoms with E-state index in [4.69, 9.17) is 5.11 Å². The van der Waals surface area contributed by atoms with Gasteiger partial charge < -0.3 is 11.8 Å². The van der Waals surface area contributed by atoms with Gasteiger partial charge >= 0.3 is 57.4 Å². The molecule has 0 aliphatic rings. The summed E-state index contributed by atoms with van der Waals surface area (Å²) in [4.78, 5) is 22.8. The fourth-order valence-electron chi connectivity index (χ4n) is 3.22. The summed E-state index contributed by atoms with van der Waals surface area (Å²) in [6.07, 6.45) is 23.3. The van der Waals surface area contributed by atoms with Crippen LogP contribution in [0.1, 0.15) is 125 Å². The maximum Gasteiger partial charge on any atom is 1.00 e. The van der Waals surface area contributed by atoms with Crippen molar-refractivity contribution in [2.24, 2.45) is 5.41 Å². The third-order valence-electron chi connectivity index (χ3n) is 5.57. The molecule has 0 radical (unpaired) electrons. The monoisotopic (exact) mass is 449 g/mol. The summed E-state index contributed by atoms with van der Waals surface area (Å²) in [6, 6.07) is 0. The molecule has 0 atom stereocenters. The Morgan fingerprint density at radius 2 is 1.30 bits per heavy atom. The molecule has 0 spiro atoms. The molecular formula is C25H48KNO3. The van der Waals surface area contributed by atoms with Gasteiger partial charge in [-0.2, -0.15) is 0 Å². The number of carboxylic acid groups (broad SMARTS) is 1. The minimum absolute atomic E-state index is 0. The summed E-state index contributed by atoms with van der Waals surface area (Å²) in [5.74, 6) is -0.884. The Bertz CT molecular complexity index is 456. The molecule has 30 heavy (non-hydrogen) atoms. The number of unbranched alkanes of at least 4 members (excludes halogenated alkanes) is 12. The molecule has 0 bridgehead atoms. The number of carbonyl (C=O) groups excluding carboxylic acids is 1. The van der Waals surface area contributed by atoms with Crippen LogP contribution in [0.15, 0.2) is 12.2 Å². The van der Waals surface area contributed by atoms with E-state index in [9.17, 15) is 9.59 Å². The number of carbonyl (C=O) groups is 2. The molecule has 0 saturated carbocycles. The van der Waals surface area contributed by atoms with E-state index in [1.165, 1.54) is 77.0 Å². The first-order valence-corrected chi connectivity index (χ1v) is 12.0. The second-order valence-corrected chi connectivity index (χ2v) is 8.98. The predicted molar refractivity (Wildman–Crippen MR) is 124 cm³/mol. The van der Waals surface area contributed by atoms with Crippen LogP contribution in [0.4, 0.5) is 0 Å². The van der Waals surface area contributed by atoms with Crippen LogP contribution < -0.4 is 56.7 Å². The average Bonchev–Trinajstić information content (AvgIpc) is 2.68. The second-order valence-electron chi connectivity index (χ2n) is 8.98. The molecule has 1 amide bonds. The minimum atomic E-state index is -0.849. The first-order chi connectivity index (χ1) is 13.9. The third kappa shape index (κ3) is 21.5. The van der Waals surface area contributed by atoms with Gasteiger partial charge in [-0.3, -0.25) is 9.59 Å². The minimum Gasteiger partial charge on any atom is -1.00 e. The molecular weight excluding hydrogens is 401 g/mol. The van der Waals surface area contributed by atoms with Gasteiger partial charge in [-0.25, -0.2) is 0 Å². The zero-order valence-electron chi connectivity index (χ0n) is 21.4. The number of carboxylic acids is 1. The summed E-state index contributed by atoms with van der Waals surface area (Å²) in [7, 11) is 0. The molecule has 0 aromatic heterocycles. The topological polar surface area (TPSA) is 66.4 Å². The quantitative estimate of drug-likeness (QED) is 0.167. The summed E-state index contributed by atoms with van der Waals surface area (Å²) in [5, 5.41) is 12.0. The largest absolute Gasteiger partial charge is 1.00 e. The van der Waals surface area contributed by atoms with Crippen molar-refractivity contribution in [2.75, 3.05) is 6.54 Å². The normalized spacial score (nSPS) is 11.4. The van der Waals surface area contributed by atoms with Crippen LogP contribution in [0.5, 0.6) is 0 Å². The summed E-state index contributed by atoms with van der Waals surface area (Å²) < 4.78 is 0. The van der Waals surface area contributed by atoms with Gasteiger partial charge in [-0.05, 0) is 52.4 Å². The van der Waals surface area contributed by atoms with Gasteiger partial charge in [0.2, 0.25) is 5.91 Å². The van der Waals surface area contributed by atoms with Crippen LogP contribution in [0.25, 0.3) is 0 Å². The number of rotatable bonds is 20. The van der Waals surface area contributed by atoms with Crippen LogP contribution >= 0.6 is 0 Å². The molecule has 0 unspecified atom stereocenters. The van der Waals surface area contributed by atoms with E-state index >= 15 is 0 Å². The Labute approximate surface area is 230 Å². The average molecular weight is 450 g/mol. The van der Waals surface area contributed by atoms with Gasteiger partial charge in [0.25, 0.3) is 0 Å². The summed E-state index contributed by atoms with van der Waals surface area (Å²) in [5.41, 5.74) is -0.833. The molecule has 0 heterocycles. The molecule has 0 aromatic carbocycles. The second kappa shape index (κ2) is 22.5. The molecule has 172 valence electrons. The van der Waals surface area contributed by atoms with Crippen molar-refractivity contribution in [1.82, 2.24) is 5.32 Å². The SMILES string of the molecule is CCCCCCCC/C=C\CCCCCCCCNC(=O)CCC(C)(C)C(=O)O.[H-].[K+]. The Hall–Kier alpha value is 0.316. The van der Waals surface area contributed by atoms with Crippen LogP contribution in [-0.2, 0) is 9.59 Å². The van der Waals surface area contributed by atoms with Crippen LogP contribution in [-0.4, -0.2) is 23.5 Å². The van der Waals surface area contributed by atoms with Crippen molar-refractivity contribution in [1.29, 1.82) is 0 Å². The van der Waals surface area contributed by atoms with Crippen molar-refractivity contribution < 1.29 is 67.5 Å². The number of allylic oxidation sites excluding steroid dienone is 2. The molecule has 0 saturated heterocycles. The number of nitrogens with one attached hydrogen (secondary N) is 1. The molecule has 0 aliphatic carbocycles. The summed E-state index contributed by atoms with van der Waals surface area (Å²) >= 11 is 0. The molecule has 0 aliphatic heterocycles. The molecule has 0 rings (SSSR count). The zero-order chi connectivity index (χ0) is 21.8. The van der Waals surface area contributed by atoms with Gasteiger partial charge in [0, 0.05) is 13.0 Å². The fraction of sp³-hybridized carbons (Fsp3) is 0.840. The Morgan fingerprint density at radius 3 is 1.80 bits per heavy atom. The zero-order valence-corrected chi connectivity index (χ0v) is 23.6. The van der Waals surface area contributed by atoms with Crippen molar-refractivity contribution in [3.63, 3.8) is 0 Å². The predicted octanol–water partition coefficient (Wildman–Crippen LogP) is 4.15. The smallest absolute Gasteiger partial charge is 1.00 e. The molecule has 0 aromatic rings. The Balaban J connectivity index is -0.00000392. The standard InChI is InChI=1S/C25H47NO3.K.H/c1-4-5-6-7-8-9-10-11-12-13-14-15-16-17-18-19-22-26-23(27)20-21-25(2,3)24(28)29;;/h11-12H,4-10,13-22H2,1-3H3,(H,26,27)(H,28,29);;/q;+1;-1/b12-11-;;. The maximum atomic E-state index is 11.8. The maximum absolute atomic E-state index is 11.8. The number of amides is 1. The van der Waals surface area contributed by atoms with Crippen LogP contribution in [0.3, 0.4) is 0 Å². The first-order valence-electron chi connectivity index (χ1n) is 12.0. The Morgan fingerprint density at radius 1 is 0.833 bits per heavy atom. The van der Waals surface area contributed by atoms with E-state index < -0.39 is 11.4 Å². The van der Waals surface area contributed by atoms with E-state index in [0.29, 0.717) is 13.0 Å². The van der Waals surface area contributed by atoms with Crippen molar-refractivity contribution >= 4 is 11.9 Å². The van der Waals surface area contributed by atoms with Gasteiger partial charge in [0.15, 0.2) is 0 Å². The third-order valence-corrected chi connectivity index (χ3v) is 5.57. The fourth-order valence-corrected chi connectivity index (χ4v) is 3.22. The number of aliphatic carboxylic acids is 1. The van der Waals surface area contributed by atoms with Crippen molar-refractivity contribution in [3.05, 3.63) is 12.2 Å². The van der Waals surface area contributed by atoms with E-state index in [1.54, 1.807) is 13.8 Å². The number of hydrogen-bond donors (Lipinski definition) is 2. The van der Waals surface area contributed by atoms with Crippen molar-refractivity contribution in [3.8, 4) is 0 Å². The van der Waals surface area contributed by atoms with E-state index in [-0.39, 0.29) is 65.1 Å². The van der Waals surface area contributed by atoms with E-state index in [0.717, 1.165) is 12.8 Å². The van der Waals surface area contributed by atoms with Gasteiger partial charge in [-0.1, -0.05) is 76.9 Å². The van der Waals surface area contributed by atoms with Crippen LogP contribution in [0.2, 0.25) is 0 Å². The molecule has 2 N–H and O–H groups in total. The van der Waals surface area contributed by atoms with Crippen molar-refractivity contribution in [2.45, 2.75) is 124 Å². The van der Waals surface area contributed by atoms with Gasteiger partial charge in [0.05, 0.1) is 5.41 Å². The van der Waals surface area contributed by atoms with Gasteiger partial charge in [-0.15, -0.1) is 0 Å². The van der Waals surface area contributed by atoms with E-state index in [2.05, 4.69) is 24.4 Å². The summed E-state index contributed by atoms with van der Waals surface area (Å²) in [6.45, 7) is 6.29. The number of hydrogen-bond acceptors (Lipinski definition) is 2. The Kier molecular flexibility index (Phi) is 24.4. The molecule has 5 heteroatoms. The van der Waals surface area contributed by atoms with E-state index in [1.807, 2.05) is 0 Å². The molecule has 4 nitrogen and oxygen atoms in total. The molecule has 0 fully saturated rings.